The summed E-state index contributed by atoms with van der Waals surface area (Å²) in [6, 6.07) is 61.8. The molecule has 11 aromatic rings. The molecule has 0 saturated heterocycles. The second-order valence-electron chi connectivity index (χ2n) is 31.5. The molecule has 2 aromatic heterocycles. The van der Waals surface area contributed by atoms with Crippen LogP contribution in [0.4, 0.5) is 0 Å². The second kappa shape index (κ2) is 16.0. The first-order chi connectivity index (χ1) is 38.5. The molecule has 0 atom stereocenters. The van der Waals surface area contributed by atoms with E-state index in [0.29, 0.717) is 0 Å². The highest BCUT2D eigenvalue weighted by atomic mass is 15.1. The highest BCUT2D eigenvalue weighted by molar-refractivity contribution is 7.01. The summed E-state index contributed by atoms with van der Waals surface area (Å²) in [6.45, 7) is 43.1. The predicted octanol–water partition coefficient (Wildman–Crippen LogP) is 18.8. The first-order valence-corrected chi connectivity index (χ1v) is 30.5. The summed E-state index contributed by atoms with van der Waals surface area (Å²) < 4.78 is 5.62. The highest BCUT2D eigenvalue weighted by Crippen LogP contribution is 2.62. The van der Waals surface area contributed by atoms with Gasteiger partial charge in [0.15, 0.2) is 0 Å². The van der Waals surface area contributed by atoms with Crippen LogP contribution >= 0.6 is 0 Å². The molecule has 3 heteroatoms. The Morgan fingerprint density at radius 1 is 0.341 bits per heavy atom. The number of benzene rings is 9. The first kappa shape index (κ1) is 51.5. The van der Waals surface area contributed by atoms with Crippen LogP contribution in [0, 0.1) is 0 Å². The molecule has 1 aliphatic carbocycles. The molecule has 0 bridgehead atoms. The molecule has 0 radical (unpaired) electrons. The van der Waals surface area contributed by atoms with Crippen molar-refractivity contribution in [1.29, 1.82) is 0 Å². The summed E-state index contributed by atoms with van der Waals surface area (Å²) in [5, 5.41) is 6.66. The number of fused-ring (bicyclic) bond motifs is 13. The van der Waals surface area contributed by atoms with Crippen LogP contribution < -0.4 is 16.4 Å². The lowest BCUT2D eigenvalue weighted by molar-refractivity contribution is 0.568. The molecule has 1 spiro atoms. The van der Waals surface area contributed by atoms with Crippen LogP contribution in [0.3, 0.4) is 0 Å². The Balaban J connectivity index is 1.23. The number of hydrogen-bond acceptors (Lipinski definition) is 0. The Kier molecular flexibility index (Phi) is 10.1. The van der Waals surface area contributed by atoms with E-state index in [1.165, 1.54) is 160 Å². The molecular formula is C79H79BN2. The predicted molar refractivity (Wildman–Crippen MR) is 354 cm³/mol. The molecule has 5 heterocycles. The van der Waals surface area contributed by atoms with Crippen molar-refractivity contribution < 1.29 is 0 Å². The quantitative estimate of drug-likeness (QED) is 0.153. The highest BCUT2D eigenvalue weighted by Gasteiger charge is 2.55. The zero-order valence-electron chi connectivity index (χ0n) is 51.9. The van der Waals surface area contributed by atoms with Crippen molar-refractivity contribution in [3.05, 3.63) is 207 Å². The van der Waals surface area contributed by atoms with Gasteiger partial charge in [-0.05, 0) is 174 Å². The van der Waals surface area contributed by atoms with Gasteiger partial charge in [0.2, 0.25) is 0 Å². The van der Waals surface area contributed by atoms with E-state index in [1.54, 1.807) is 0 Å². The van der Waals surface area contributed by atoms with E-state index in [0.717, 1.165) is 0 Å². The topological polar surface area (TPSA) is 9.86 Å². The maximum absolute atomic E-state index is 2.81. The fourth-order valence-electron chi connectivity index (χ4n) is 15.5. The molecule has 0 unspecified atom stereocenters. The van der Waals surface area contributed by atoms with Gasteiger partial charge < -0.3 is 9.13 Å². The Morgan fingerprint density at radius 3 is 1.37 bits per heavy atom. The minimum atomic E-state index is -0.589. The van der Waals surface area contributed by atoms with Crippen LogP contribution in [0.1, 0.15) is 180 Å². The smallest absolute Gasteiger partial charge is 0.253 e. The van der Waals surface area contributed by atoms with Crippen LogP contribution in [0.15, 0.2) is 152 Å². The molecule has 0 fully saturated rings. The molecule has 82 heavy (non-hydrogen) atoms. The minimum absolute atomic E-state index is 0.0760. The van der Waals surface area contributed by atoms with Gasteiger partial charge in [-0.15, -0.1) is 0 Å². The van der Waals surface area contributed by atoms with Crippen molar-refractivity contribution in [3.63, 3.8) is 0 Å². The van der Waals surface area contributed by atoms with E-state index in [9.17, 15) is 0 Å². The fraction of sp³-hybridized carbons (Fsp3) is 0.316. The number of aromatic nitrogens is 2. The molecule has 2 nitrogen and oxygen atoms in total. The van der Waals surface area contributed by atoms with Crippen LogP contribution in [-0.4, -0.2) is 15.8 Å². The van der Waals surface area contributed by atoms with Crippen molar-refractivity contribution in [2.75, 3.05) is 0 Å². The molecule has 15 rings (SSSR count). The Labute approximate surface area is 487 Å². The molecule has 0 amide bonds. The van der Waals surface area contributed by atoms with E-state index in [-0.39, 0.29) is 39.2 Å². The van der Waals surface area contributed by atoms with E-state index in [2.05, 4.69) is 285 Å². The summed E-state index contributed by atoms with van der Waals surface area (Å²) in [5.41, 5.74) is 31.3. The average molecular weight is 1070 g/mol. The lowest BCUT2D eigenvalue weighted by atomic mass is 9.33. The molecule has 4 aliphatic rings. The lowest BCUT2D eigenvalue weighted by Crippen LogP contribution is -2.61. The Bertz CT molecular complexity index is 4560. The third-order valence-corrected chi connectivity index (χ3v) is 19.9. The monoisotopic (exact) mass is 1070 g/mol. The van der Waals surface area contributed by atoms with E-state index >= 15 is 0 Å². The molecule has 9 aromatic carbocycles. The standard InChI is InChI=1S/C79H79BN2/c1-73(2,3)47-33-45(34-48(38-47)74(4,5)6)65-58-37-44-25-19-20-26-53(44)66-71(58)81(68(65)46-35-49(75(7,8)9)39-50(36-46)76(10,11)12)64-32-31-61-72-67(64)80(66)63-43-52(78(16,17)18)41-57-56-40-51(77(13,14)15)42-62(69(56)82(72)70(57)63)79(61)59-29-23-21-27-54(59)55-28-22-24-30-60(55)79/h19-43H,1-18H3. The lowest BCUT2D eigenvalue weighted by Gasteiger charge is -2.44. The summed E-state index contributed by atoms with van der Waals surface area (Å²) in [7, 11) is 0. The van der Waals surface area contributed by atoms with Crippen molar-refractivity contribution in [2.24, 2.45) is 0 Å². The van der Waals surface area contributed by atoms with Crippen LogP contribution in [0.25, 0.3) is 88.4 Å². The summed E-state index contributed by atoms with van der Waals surface area (Å²) in [6.07, 6.45) is 0. The molecule has 3 aliphatic heterocycles. The zero-order chi connectivity index (χ0) is 57.7. The van der Waals surface area contributed by atoms with Crippen LogP contribution in [0.5, 0.6) is 0 Å². The Hall–Kier alpha value is -7.36. The summed E-state index contributed by atoms with van der Waals surface area (Å²) in [5.74, 6) is 0. The van der Waals surface area contributed by atoms with Gasteiger partial charge in [0.05, 0.1) is 22.1 Å². The van der Waals surface area contributed by atoms with E-state index in [4.69, 9.17) is 0 Å². The van der Waals surface area contributed by atoms with Crippen molar-refractivity contribution in [1.82, 2.24) is 9.13 Å². The van der Waals surface area contributed by atoms with Crippen LogP contribution in [-0.2, 0) is 37.9 Å². The Morgan fingerprint density at radius 2 is 0.817 bits per heavy atom. The number of hydrogen-bond donors (Lipinski definition) is 0. The molecule has 0 N–H and O–H groups in total. The van der Waals surface area contributed by atoms with Gasteiger partial charge in [-0.1, -0.05) is 240 Å². The minimum Gasteiger partial charge on any atom is -0.310 e. The molecular weight excluding hydrogens is 988 g/mol. The maximum atomic E-state index is 2.81. The molecule has 408 valence electrons. The van der Waals surface area contributed by atoms with Gasteiger partial charge >= 0.3 is 0 Å². The van der Waals surface area contributed by atoms with Crippen molar-refractivity contribution in [2.45, 2.75) is 163 Å². The third kappa shape index (κ3) is 6.77. The van der Waals surface area contributed by atoms with Gasteiger partial charge in [0, 0.05) is 38.6 Å². The van der Waals surface area contributed by atoms with Crippen molar-refractivity contribution in [3.8, 4) is 44.9 Å². The van der Waals surface area contributed by atoms with Gasteiger partial charge in [0.25, 0.3) is 6.71 Å². The summed E-state index contributed by atoms with van der Waals surface area (Å²) in [4.78, 5) is 0. The zero-order valence-corrected chi connectivity index (χ0v) is 51.9. The van der Waals surface area contributed by atoms with Gasteiger partial charge in [-0.25, -0.2) is 0 Å². The normalized spacial score (nSPS) is 15.0. The fourth-order valence-corrected chi connectivity index (χ4v) is 15.5. The number of nitrogens with zero attached hydrogens (tertiary/aromatic N) is 2. The summed E-state index contributed by atoms with van der Waals surface area (Å²) >= 11 is 0. The SMILES string of the molecule is CC(C)(C)c1cc(-c2c(-c3cc(C(C)(C)C)cc(C(C)(C)C)c3)n3c4c(c5ccccc5cc24)B2c4c-3ccc3c4-n4c5c2cc(C(C)(C)C)cc5c2cc(C(C)(C)C)cc(c24)C32c3ccccc3-c3ccccc32)cc(C(C)(C)C)c1. The maximum Gasteiger partial charge on any atom is 0.253 e. The molecule has 0 saturated carbocycles. The van der Waals surface area contributed by atoms with Crippen LogP contribution in [0.2, 0.25) is 0 Å². The van der Waals surface area contributed by atoms with Gasteiger partial charge in [-0.2, -0.15) is 0 Å². The third-order valence-electron chi connectivity index (χ3n) is 19.9. The first-order valence-electron chi connectivity index (χ1n) is 30.5. The largest absolute Gasteiger partial charge is 0.310 e. The van der Waals surface area contributed by atoms with Crippen molar-refractivity contribution >= 4 is 66.6 Å². The van der Waals surface area contributed by atoms with Gasteiger partial charge in [0.1, 0.15) is 0 Å². The average Bonchev–Trinajstić information content (AvgIpc) is 1.42. The van der Waals surface area contributed by atoms with E-state index < -0.39 is 5.41 Å². The van der Waals surface area contributed by atoms with Gasteiger partial charge in [-0.3, -0.25) is 0 Å². The second-order valence-corrected chi connectivity index (χ2v) is 31.5. The number of rotatable bonds is 2. The van der Waals surface area contributed by atoms with E-state index in [1.807, 2.05) is 0 Å².